The van der Waals surface area contributed by atoms with Crippen LogP contribution in [0, 0.1) is 5.41 Å². The largest absolute Gasteiger partial charge is 0.326 e. The van der Waals surface area contributed by atoms with Crippen molar-refractivity contribution in [3.63, 3.8) is 0 Å². The third kappa shape index (κ3) is 7.64. The molecule has 0 aliphatic rings. The maximum absolute atomic E-state index is 11.9. The summed E-state index contributed by atoms with van der Waals surface area (Å²) in [4.78, 5) is 15.9. The predicted octanol–water partition coefficient (Wildman–Crippen LogP) is 5.03. The van der Waals surface area contributed by atoms with E-state index < -0.39 is 0 Å². The average molecular weight is 345 g/mol. The van der Waals surface area contributed by atoms with Crippen molar-refractivity contribution in [3.8, 4) is 0 Å². The SMILES string of the molecule is CC(C)(C)C(=O)Nc1ccc(Cc2ccncc2)cc1.CCSC. The van der Waals surface area contributed by atoms with Crippen LogP contribution in [0.25, 0.3) is 0 Å². The first-order valence-electron chi connectivity index (χ1n) is 8.15. The first kappa shape index (κ1) is 20.2. The fourth-order valence-electron chi connectivity index (χ4n) is 1.76. The molecule has 0 aliphatic carbocycles. The van der Waals surface area contributed by atoms with Gasteiger partial charge in [0.05, 0.1) is 0 Å². The summed E-state index contributed by atoms with van der Waals surface area (Å²) in [5, 5.41) is 2.92. The van der Waals surface area contributed by atoms with Crippen LogP contribution in [0.1, 0.15) is 38.8 Å². The Morgan fingerprint density at radius 2 is 1.54 bits per heavy atom. The van der Waals surface area contributed by atoms with Gasteiger partial charge in [-0.1, -0.05) is 39.8 Å². The number of rotatable bonds is 4. The number of anilines is 1. The van der Waals surface area contributed by atoms with Crippen LogP contribution in [0.15, 0.2) is 48.8 Å². The van der Waals surface area contributed by atoms with Gasteiger partial charge in [-0.05, 0) is 53.8 Å². The van der Waals surface area contributed by atoms with Crippen molar-refractivity contribution in [2.45, 2.75) is 34.1 Å². The fraction of sp³-hybridized carbons (Fsp3) is 0.400. The molecular formula is C20H28N2OS. The molecule has 0 saturated carbocycles. The van der Waals surface area contributed by atoms with Crippen molar-refractivity contribution in [2.75, 3.05) is 17.3 Å². The summed E-state index contributed by atoms with van der Waals surface area (Å²) in [6.07, 6.45) is 6.57. The Hall–Kier alpha value is -1.81. The number of carbonyl (C=O) groups is 1. The maximum atomic E-state index is 11.9. The van der Waals surface area contributed by atoms with E-state index in [0.29, 0.717) is 0 Å². The Labute approximate surface area is 150 Å². The molecule has 0 fully saturated rings. The maximum Gasteiger partial charge on any atom is 0.229 e. The second-order valence-corrected chi connectivity index (χ2v) is 7.67. The number of hydrogen-bond acceptors (Lipinski definition) is 3. The zero-order chi connectivity index (χ0) is 18.0. The summed E-state index contributed by atoms with van der Waals surface area (Å²) < 4.78 is 0. The molecule has 1 heterocycles. The van der Waals surface area contributed by atoms with Crippen molar-refractivity contribution in [1.29, 1.82) is 0 Å². The van der Waals surface area contributed by atoms with Crippen LogP contribution in [0.3, 0.4) is 0 Å². The molecule has 4 heteroatoms. The first-order valence-corrected chi connectivity index (χ1v) is 9.54. The van der Waals surface area contributed by atoms with Crippen molar-refractivity contribution >= 4 is 23.4 Å². The molecule has 2 rings (SSSR count). The summed E-state index contributed by atoms with van der Waals surface area (Å²) in [5.74, 6) is 1.26. The Kier molecular flexibility index (Phi) is 8.55. The summed E-state index contributed by atoms with van der Waals surface area (Å²) >= 11 is 1.86. The van der Waals surface area contributed by atoms with Crippen molar-refractivity contribution < 1.29 is 4.79 Å². The van der Waals surface area contributed by atoms with Gasteiger partial charge in [0, 0.05) is 23.5 Å². The van der Waals surface area contributed by atoms with Gasteiger partial charge >= 0.3 is 0 Å². The molecule has 1 amide bonds. The van der Waals surface area contributed by atoms with Crippen LogP contribution >= 0.6 is 11.8 Å². The summed E-state index contributed by atoms with van der Waals surface area (Å²) in [6.45, 7) is 7.85. The highest BCUT2D eigenvalue weighted by Crippen LogP contribution is 2.18. The van der Waals surface area contributed by atoms with Gasteiger partial charge in [-0.15, -0.1) is 0 Å². The van der Waals surface area contributed by atoms with Crippen LogP contribution in [0.2, 0.25) is 0 Å². The summed E-state index contributed by atoms with van der Waals surface area (Å²) in [5.41, 5.74) is 2.90. The van der Waals surface area contributed by atoms with E-state index in [4.69, 9.17) is 0 Å². The molecule has 0 spiro atoms. The second-order valence-electron chi connectivity index (χ2n) is 6.51. The van der Waals surface area contributed by atoms with Crippen LogP contribution in [0.4, 0.5) is 5.69 Å². The van der Waals surface area contributed by atoms with Gasteiger partial charge in [0.15, 0.2) is 0 Å². The van der Waals surface area contributed by atoms with Crippen LogP contribution < -0.4 is 5.32 Å². The van der Waals surface area contributed by atoms with Gasteiger partial charge in [-0.25, -0.2) is 0 Å². The number of benzene rings is 1. The molecule has 0 bridgehead atoms. The number of aromatic nitrogens is 1. The monoisotopic (exact) mass is 344 g/mol. The lowest BCUT2D eigenvalue weighted by Crippen LogP contribution is -2.27. The van der Waals surface area contributed by atoms with E-state index in [2.05, 4.69) is 23.5 Å². The Balaban J connectivity index is 0.000000648. The third-order valence-corrected chi connectivity index (χ3v) is 3.92. The minimum atomic E-state index is -0.379. The molecule has 1 aromatic heterocycles. The normalized spacial score (nSPS) is 10.5. The molecule has 1 N–H and O–H groups in total. The molecule has 0 radical (unpaired) electrons. The third-order valence-electron chi connectivity index (χ3n) is 3.34. The van der Waals surface area contributed by atoms with E-state index in [1.165, 1.54) is 16.9 Å². The lowest BCUT2D eigenvalue weighted by atomic mass is 9.95. The van der Waals surface area contributed by atoms with Gasteiger partial charge in [0.1, 0.15) is 0 Å². The van der Waals surface area contributed by atoms with Crippen molar-refractivity contribution in [2.24, 2.45) is 5.41 Å². The van der Waals surface area contributed by atoms with Crippen LogP contribution in [0.5, 0.6) is 0 Å². The van der Waals surface area contributed by atoms with Crippen LogP contribution in [-0.2, 0) is 11.2 Å². The standard InChI is InChI=1S/C17H20N2O.C3H8S/c1-17(2,3)16(20)19-15-6-4-13(5-7-15)12-14-8-10-18-11-9-14;1-3-4-2/h4-11H,12H2,1-3H3,(H,19,20);3H2,1-2H3. The second kappa shape index (κ2) is 10.1. The molecule has 0 saturated heterocycles. The minimum absolute atomic E-state index is 0.0272. The van der Waals surface area contributed by atoms with Gasteiger partial charge in [-0.3, -0.25) is 9.78 Å². The van der Waals surface area contributed by atoms with Crippen molar-refractivity contribution in [3.05, 3.63) is 59.9 Å². The van der Waals surface area contributed by atoms with E-state index in [-0.39, 0.29) is 11.3 Å². The highest BCUT2D eigenvalue weighted by Gasteiger charge is 2.20. The van der Waals surface area contributed by atoms with Crippen molar-refractivity contribution in [1.82, 2.24) is 4.98 Å². The zero-order valence-corrected chi connectivity index (χ0v) is 16.1. The lowest BCUT2D eigenvalue weighted by molar-refractivity contribution is -0.123. The Morgan fingerprint density at radius 1 is 1.04 bits per heavy atom. The molecular weight excluding hydrogens is 316 g/mol. The quantitative estimate of drug-likeness (QED) is 0.846. The number of thioether (sulfide) groups is 1. The average Bonchev–Trinajstić information content (AvgIpc) is 2.57. The van der Waals surface area contributed by atoms with E-state index in [1.807, 2.05) is 68.9 Å². The number of hydrogen-bond donors (Lipinski definition) is 1. The number of pyridine rings is 1. The number of amides is 1. The minimum Gasteiger partial charge on any atom is -0.326 e. The molecule has 0 unspecified atom stereocenters. The van der Waals surface area contributed by atoms with Gasteiger partial charge < -0.3 is 5.32 Å². The predicted molar refractivity (Wildman–Crippen MR) is 106 cm³/mol. The van der Waals surface area contributed by atoms with Gasteiger partial charge in [0.2, 0.25) is 5.91 Å². The van der Waals surface area contributed by atoms with E-state index in [9.17, 15) is 4.79 Å². The Bertz CT molecular complexity index is 602. The number of carbonyl (C=O) groups excluding carboxylic acids is 1. The van der Waals surface area contributed by atoms with Gasteiger partial charge in [0.25, 0.3) is 0 Å². The lowest BCUT2D eigenvalue weighted by Gasteiger charge is -2.17. The number of nitrogens with one attached hydrogen (secondary N) is 1. The molecule has 3 nitrogen and oxygen atoms in total. The molecule has 130 valence electrons. The highest BCUT2D eigenvalue weighted by atomic mass is 32.2. The Morgan fingerprint density at radius 3 is 2.00 bits per heavy atom. The molecule has 2 aromatic rings. The van der Waals surface area contributed by atoms with E-state index in [1.54, 1.807) is 12.4 Å². The first-order chi connectivity index (χ1) is 11.4. The molecule has 1 aromatic carbocycles. The summed E-state index contributed by atoms with van der Waals surface area (Å²) in [6, 6.07) is 12.0. The highest BCUT2D eigenvalue weighted by molar-refractivity contribution is 7.98. The molecule has 0 aliphatic heterocycles. The van der Waals surface area contributed by atoms with E-state index in [0.717, 1.165) is 12.1 Å². The molecule has 0 atom stereocenters. The van der Waals surface area contributed by atoms with Gasteiger partial charge in [-0.2, -0.15) is 11.8 Å². The van der Waals surface area contributed by atoms with E-state index >= 15 is 0 Å². The topological polar surface area (TPSA) is 42.0 Å². The smallest absolute Gasteiger partial charge is 0.229 e. The molecule has 24 heavy (non-hydrogen) atoms. The fourth-order valence-corrected chi connectivity index (χ4v) is 1.76. The zero-order valence-electron chi connectivity index (χ0n) is 15.3. The number of nitrogens with zero attached hydrogens (tertiary/aromatic N) is 1. The summed E-state index contributed by atoms with van der Waals surface area (Å²) in [7, 11) is 0. The van der Waals surface area contributed by atoms with Crippen LogP contribution in [-0.4, -0.2) is 22.9 Å².